The number of esters is 1. The van der Waals surface area contributed by atoms with Crippen molar-refractivity contribution >= 4 is 5.97 Å². The number of hydrogen-bond donors (Lipinski definition) is 0. The molecule has 1 unspecified atom stereocenters. The number of hydrogen-bond acceptors (Lipinski definition) is 3. The maximum Gasteiger partial charge on any atom is 0.344 e. The summed E-state index contributed by atoms with van der Waals surface area (Å²) in [6.45, 7) is 3.74. The molecule has 0 bridgehead atoms. The van der Waals surface area contributed by atoms with Gasteiger partial charge >= 0.3 is 5.97 Å². The lowest BCUT2D eigenvalue weighted by molar-refractivity contribution is -0.605. The van der Waals surface area contributed by atoms with Crippen LogP contribution in [0.1, 0.15) is 30.6 Å². The number of aromatic nitrogens is 1. The van der Waals surface area contributed by atoms with Crippen LogP contribution in [0.3, 0.4) is 0 Å². The van der Waals surface area contributed by atoms with Gasteiger partial charge in [-0.3, -0.25) is 0 Å². The Morgan fingerprint density at radius 1 is 1.71 bits per heavy atom. The van der Waals surface area contributed by atoms with Crippen molar-refractivity contribution in [3.05, 3.63) is 35.3 Å². The topological polar surface area (TPSA) is 53.2 Å². The lowest BCUT2D eigenvalue weighted by atomic mass is 10.3. The highest BCUT2D eigenvalue weighted by Crippen LogP contribution is 2.03. The Bertz CT molecular complexity index is 325. The van der Waals surface area contributed by atoms with Crippen molar-refractivity contribution < 1.29 is 14.3 Å². The van der Waals surface area contributed by atoms with E-state index in [0.29, 0.717) is 4.73 Å². The summed E-state index contributed by atoms with van der Waals surface area (Å²) in [6.07, 6.45) is 3.16. The van der Waals surface area contributed by atoms with Crippen molar-refractivity contribution in [2.45, 2.75) is 26.4 Å². The van der Waals surface area contributed by atoms with E-state index in [4.69, 9.17) is 4.74 Å². The molecule has 0 aliphatic rings. The van der Waals surface area contributed by atoms with Gasteiger partial charge in [0.25, 0.3) is 0 Å². The Kier molecular flexibility index (Phi) is 3.45. The lowest BCUT2D eigenvalue weighted by Crippen LogP contribution is -2.26. The van der Waals surface area contributed by atoms with Gasteiger partial charge in [-0.15, -0.1) is 0 Å². The summed E-state index contributed by atoms with van der Waals surface area (Å²) >= 11 is 0. The molecule has 1 atom stereocenters. The minimum Gasteiger partial charge on any atom is -0.619 e. The predicted molar refractivity (Wildman–Crippen MR) is 50.6 cm³/mol. The zero-order chi connectivity index (χ0) is 10.6. The molecule has 1 heterocycles. The van der Waals surface area contributed by atoms with Crippen LogP contribution in [0.4, 0.5) is 0 Å². The van der Waals surface area contributed by atoms with Crippen molar-refractivity contribution in [2.24, 2.45) is 0 Å². The summed E-state index contributed by atoms with van der Waals surface area (Å²) in [7, 11) is 0. The standard InChI is InChI=1S/C10H13NO3/c1-3-8(2)14-10(12)9-5-4-6-11(13)7-9/h4-8H,3H2,1-2H3. The van der Waals surface area contributed by atoms with Gasteiger partial charge in [0, 0.05) is 6.07 Å². The third kappa shape index (κ3) is 2.73. The predicted octanol–water partition coefficient (Wildman–Crippen LogP) is 1.28. The first-order chi connectivity index (χ1) is 6.63. The maximum absolute atomic E-state index is 11.4. The highest BCUT2D eigenvalue weighted by atomic mass is 16.5. The minimum absolute atomic E-state index is 0.122. The molecule has 0 fully saturated rings. The summed E-state index contributed by atoms with van der Waals surface area (Å²) in [6, 6.07) is 3.07. The summed E-state index contributed by atoms with van der Waals surface area (Å²) < 4.78 is 5.63. The molecule has 0 N–H and O–H groups in total. The number of pyridine rings is 1. The first kappa shape index (κ1) is 10.5. The third-order valence-electron chi connectivity index (χ3n) is 1.89. The summed E-state index contributed by atoms with van der Waals surface area (Å²) in [5.74, 6) is -0.454. The molecule has 0 aromatic carbocycles. The first-order valence-electron chi connectivity index (χ1n) is 4.53. The summed E-state index contributed by atoms with van der Waals surface area (Å²) in [5.41, 5.74) is 0.280. The molecule has 14 heavy (non-hydrogen) atoms. The van der Waals surface area contributed by atoms with E-state index in [2.05, 4.69) is 0 Å². The summed E-state index contributed by atoms with van der Waals surface area (Å²) in [4.78, 5) is 11.4. The van der Waals surface area contributed by atoms with Gasteiger partial charge < -0.3 is 9.94 Å². The van der Waals surface area contributed by atoms with E-state index in [1.807, 2.05) is 13.8 Å². The van der Waals surface area contributed by atoms with Crippen LogP contribution in [0, 0.1) is 5.21 Å². The van der Waals surface area contributed by atoms with Gasteiger partial charge in [0.1, 0.15) is 5.56 Å². The van der Waals surface area contributed by atoms with Crippen LogP contribution in [0.2, 0.25) is 0 Å². The fourth-order valence-electron chi connectivity index (χ4n) is 0.910. The normalized spacial score (nSPS) is 12.1. The molecule has 1 aromatic rings. The van der Waals surface area contributed by atoms with Crippen LogP contribution in [-0.4, -0.2) is 12.1 Å². The van der Waals surface area contributed by atoms with Crippen LogP contribution in [0.15, 0.2) is 24.5 Å². The molecule has 0 amide bonds. The SMILES string of the molecule is CCC(C)OC(=O)c1ccc[n+]([O-])c1. The van der Waals surface area contributed by atoms with Crippen LogP contribution < -0.4 is 4.73 Å². The monoisotopic (exact) mass is 195 g/mol. The van der Waals surface area contributed by atoms with Gasteiger partial charge in [-0.05, 0) is 19.4 Å². The third-order valence-corrected chi connectivity index (χ3v) is 1.89. The van der Waals surface area contributed by atoms with Gasteiger partial charge in [0.15, 0.2) is 12.4 Å². The Hall–Kier alpha value is -1.58. The Labute approximate surface area is 82.7 Å². The molecule has 76 valence electrons. The number of carbonyl (C=O) groups excluding carboxylic acids is 1. The van der Waals surface area contributed by atoms with Crippen molar-refractivity contribution in [2.75, 3.05) is 0 Å². The Morgan fingerprint density at radius 2 is 2.43 bits per heavy atom. The molecule has 4 heteroatoms. The fourth-order valence-corrected chi connectivity index (χ4v) is 0.910. The average Bonchev–Trinajstić information content (AvgIpc) is 2.17. The van der Waals surface area contributed by atoms with Gasteiger partial charge in [-0.2, -0.15) is 4.73 Å². The average molecular weight is 195 g/mol. The minimum atomic E-state index is -0.454. The van der Waals surface area contributed by atoms with E-state index in [0.717, 1.165) is 6.42 Å². The van der Waals surface area contributed by atoms with Crippen LogP contribution >= 0.6 is 0 Å². The van der Waals surface area contributed by atoms with Crippen LogP contribution in [0.25, 0.3) is 0 Å². The summed E-state index contributed by atoms with van der Waals surface area (Å²) in [5, 5.41) is 10.9. The highest BCUT2D eigenvalue weighted by molar-refractivity contribution is 5.88. The lowest BCUT2D eigenvalue weighted by Gasteiger charge is -2.09. The van der Waals surface area contributed by atoms with Crippen molar-refractivity contribution in [1.29, 1.82) is 0 Å². The van der Waals surface area contributed by atoms with Crippen LogP contribution in [-0.2, 0) is 4.74 Å². The van der Waals surface area contributed by atoms with E-state index in [9.17, 15) is 10.0 Å². The fraction of sp³-hybridized carbons (Fsp3) is 0.400. The van der Waals surface area contributed by atoms with E-state index in [-0.39, 0.29) is 11.7 Å². The molecule has 0 aliphatic carbocycles. The molecule has 0 spiro atoms. The van der Waals surface area contributed by atoms with Crippen LogP contribution in [0.5, 0.6) is 0 Å². The number of nitrogens with zero attached hydrogens (tertiary/aromatic N) is 1. The number of ether oxygens (including phenoxy) is 1. The van der Waals surface area contributed by atoms with Crippen molar-refractivity contribution in [3.63, 3.8) is 0 Å². The molecule has 1 rings (SSSR count). The second-order valence-corrected chi connectivity index (χ2v) is 3.08. The molecule has 4 nitrogen and oxygen atoms in total. The first-order valence-corrected chi connectivity index (χ1v) is 4.53. The highest BCUT2D eigenvalue weighted by Gasteiger charge is 2.12. The second-order valence-electron chi connectivity index (χ2n) is 3.08. The van der Waals surface area contributed by atoms with E-state index in [1.165, 1.54) is 18.5 Å². The quantitative estimate of drug-likeness (QED) is 0.414. The van der Waals surface area contributed by atoms with Crippen molar-refractivity contribution in [3.8, 4) is 0 Å². The van der Waals surface area contributed by atoms with E-state index in [1.54, 1.807) is 6.07 Å². The zero-order valence-electron chi connectivity index (χ0n) is 8.27. The molecule has 1 aromatic heterocycles. The largest absolute Gasteiger partial charge is 0.619 e. The van der Waals surface area contributed by atoms with Gasteiger partial charge in [0.05, 0.1) is 6.10 Å². The van der Waals surface area contributed by atoms with Gasteiger partial charge in [0.2, 0.25) is 0 Å². The molecule has 0 saturated carbocycles. The number of carbonyl (C=O) groups is 1. The van der Waals surface area contributed by atoms with Gasteiger partial charge in [-0.25, -0.2) is 4.79 Å². The van der Waals surface area contributed by atoms with Crippen molar-refractivity contribution in [1.82, 2.24) is 0 Å². The molecule has 0 aliphatic heterocycles. The second kappa shape index (κ2) is 4.60. The maximum atomic E-state index is 11.4. The Morgan fingerprint density at radius 3 is 3.00 bits per heavy atom. The number of rotatable bonds is 3. The molecule has 0 saturated heterocycles. The molecule has 0 radical (unpaired) electrons. The van der Waals surface area contributed by atoms with E-state index < -0.39 is 5.97 Å². The Balaban J connectivity index is 2.70. The zero-order valence-corrected chi connectivity index (χ0v) is 8.27. The van der Waals surface area contributed by atoms with Gasteiger partial charge in [-0.1, -0.05) is 6.92 Å². The van der Waals surface area contributed by atoms with E-state index >= 15 is 0 Å². The molecular formula is C10H13NO3. The molecular weight excluding hydrogens is 182 g/mol. The smallest absolute Gasteiger partial charge is 0.344 e.